The molecule has 0 radical (unpaired) electrons. The first-order valence-corrected chi connectivity index (χ1v) is 7.20. The van der Waals surface area contributed by atoms with Crippen LogP contribution in [0.5, 0.6) is 0 Å². The Kier molecular flexibility index (Phi) is 3.74. The van der Waals surface area contributed by atoms with E-state index < -0.39 is 15.8 Å². The number of sulfonamides is 1. The third kappa shape index (κ3) is 3.25. The van der Waals surface area contributed by atoms with Gasteiger partial charge in [0.2, 0.25) is 10.0 Å². The molecule has 2 rings (SSSR count). The smallest absolute Gasteiger partial charge is 0.232 e. The summed E-state index contributed by atoms with van der Waals surface area (Å²) in [6.07, 6.45) is 1.78. The Labute approximate surface area is 109 Å². The lowest BCUT2D eigenvalue weighted by Gasteiger charge is -2.09. The molecular formula is C10H12FN5O2S. The third-order valence-corrected chi connectivity index (χ3v) is 3.78. The number of benzene rings is 1. The van der Waals surface area contributed by atoms with Gasteiger partial charge in [0, 0.05) is 0 Å². The molecule has 0 atom stereocenters. The van der Waals surface area contributed by atoms with Gasteiger partial charge in [-0.2, -0.15) is 0 Å². The van der Waals surface area contributed by atoms with E-state index in [4.69, 9.17) is 0 Å². The summed E-state index contributed by atoms with van der Waals surface area (Å²) in [5, 5.41) is 10.6. The first-order valence-electron chi connectivity index (χ1n) is 5.55. The molecule has 9 heteroatoms. The molecule has 0 bridgehead atoms. The zero-order valence-electron chi connectivity index (χ0n) is 10.1. The molecule has 1 N–H and O–H groups in total. The predicted molar refractivity (Wildman–Crippen MR) is 66.8 cm³/mol. The van der Waals surface area contributed by atoms with Gasteiger partial charge in [0.15, 0.2) is 0 Å². The minimum atomic E-state index is -3.54. The van der Waals surface area contributed by atoms with Gasteiger partial charge in [0.25, 0.3) is 0 Å². The highest BCUT2D eigenvalue weighted by Gasteiger charge is 2.13. The van der Waals surface area contributed by atoms with Crippen molar-refractivity contribution >= 4 is 15.7 Å². The maximum atomic E-state index is 13.6. The van der Waals surface area contributed by atoms with Crippen molar-refractivity contribution in [2.45, 2.75) is 13.3 Å². The van der Waals surface area contributed by atoms with Crippen LogP contribution >= 0.6 is 0 Å². The second kappa shape index (κ2) is 5.31. The first-order chi connectivity index (χ1) is 9.02. The number of nitrogens with one attached hydrogen (secondary N) is 1. The van der Waals surface area contributed by atoms with Gasteiger partial charge in [-0.25, -0.2) is 17.5 Å². The Morgan fingerprint density at radius 3 is 2.84 bits per heavy atom. The lowest BCUT2D eigenvalue weighted by molar-refractivity contribution is 0.597. The number of halogens is 1. The van der Waals surface area contributed by atoms with Crippen LogP contribution in [0.25, 0.3) is 5.69 Å². The summed E-state index contributed by atoms with van der Waals surface area (Å²) in [4.78, 5) is 0. The molecule has 1 aromatic heterocycles. The van der Waals surface area contributed by atoms with Crippen LogP contribution in [0.4, 0.5) is 10.1 Å². The second-order valence-corrected chi connectivity index (χ2v) is 5.68. The molecule has 102 valence electrons. The van der Waals surface area contributed by atoms with Crippen molar-refractivity contribution < 1.29 is 12.8 Å². The van der Waals surface area contributed by atoms with E-state index >= 15 is 0 Å². The maximum Gasteiger partial charge on any atom is 0.232 e. The van der Waals surface area contributed by atoms with Crippen LogP contribution in [-0.4, -0.2) is 34.4 Å². The van der Waals surface area contributed by atoms with Crippen LogP contribution in [-0.2, 0) is 10.0 Å². The van der Waals surface area contributed by atoms with E-state index in [2.05, 4.69) is 20.2 Å². The third-order valence-electron chi connectivity index (χ3n) is 2.30. The number of hydrogen-bond acceptors (Lipinski definition) is 5. The molecule has 0 aliphatic heterocycles. The molecule has 0 unspecified atom stereocenters. The van der Waals surface area contributed by atoms with Crippen molar-refractivity contribution in [2.75, 3.05) is 10.5 Å². The minimum absolute atomic E-state index is 0.0679. The van der Waals surface area contributed by atoms with Crippen molar-refractivity contribution in [1.29, 1.82) is 0 Å². The van der Waals surface area contributed by atoms with Crippen LogP contribution in [0.3, 0.4) is 0 Å². The molecule has 0 aliphatic carbocycles. The molecule has 0 amide bonds. The molecular weight excluding hydrogens is 273 g/mol. The predicted octanol–water partition coefficient (Wildman–Crippen LogP) is 0.953. The second-order valence-electron chi connectivity index (χ2n) is 3.84. The normalized spacial score (nSPS) is 11.5. The van der Waals surface area contributed by atoms with Gasteiger partial charge >= 0.3 is 0 Å². The Morgan fingerprint density at radius 1 is 1.42 bits per heavy atom. The van der Waals surface area contributed by atoms with Crippen molar-refractivity contribution in [3.05, 3.63) is 30.3 Å². The molecule has 0 saturated carbocycles. The number of tetrazole rings is 1. The molecule has 1 heterocycles. The van der Waals surface area contributed by atoms with E-state index in [0.717, 1.165) is 6.07 Å². The van der Waals surface area contributed by atoms with Gasteiger partial charge in [-0.3, -0.25) is 4.72 Å². The highest BCUT2D eigenvalue weighted by molar-refractivity contribution is 7.92. The molecule has 1 aromatic carbocycles. The van der Waals surface area contributed by atoms with Crippen molar-refractivity contribution in [3.63, 3.8) is 0 Å². The van der Waals surface area contributed by atoms with Gasteiger partial charge in [-0.1, -0.05) is 6.92 Å². The molecule has 19 heavy (non-hydrogen) atoms. The van der Waals surface area contributed by atoms with E-state index in [1.54, 1.807) is 6.92 Å². The molecule has 0 aliphatic rings. The van der Waals surface area contributed by atoms with Crippen molar-refractivity contribution in [1.82, 2.24) is 20.2 Å². The summed E-state index contributed by atoms with van der Waals surface area (Å²) in [5.74, 6) is -0.724. The quantitative estimate of drug-likeness (QED) is 0.883. The van der Waals surface area contributed by atoms with Crippen LogP contribution in [0.15, 0.2) is 24.5 Å². The molecule has 7 nitrogen and oxygen atoms in total. The average molecular weight is 285 g/mol. The van der Waals surface area contributed by atoms with Gasteiger partial charge in [0.05, 0.1) is 17.1 Å². The van der Waals surface area contributed by atoms with Gasteiger partial charge < -0.3 is 0 Å². The standard InChI is InChI=1S/C10H12FN5O2S/c1-2-5-19(17,18)13-10-6-8(3-4-9(10)11)16-7-12-14-15-16/h3-4,6-7,13H,2,5H2,1H3. The Morgan fingerprint density at radius 2 is 2.21 bits per heavy atom. The minimum Gasteiger partial charge on any atom is -0.280 e. The molecule has 0 saturated heterocycles. The topological polar surface area (TPSA) is 89.8 Å². The van der Waals surface area contributed by atoms with Gasteiger partial charge in [0.1, 0.15) is 12.1 Å². The average Bonchev–Trinajstić information content (AvgIpc) is 2.85. The summed E-state index contributed by atoms with van der Waals surface area (Å²) in [7, 11) is -3.54. The van der Waals surface area contributed by atoms with E-state index in [0.29, 0.717) is 12.1 Å². The van der Waals surface area contributed by atoms with Crippen LogP contribution in [0.1, 0.15) is 13.3 Å². The summed E-state index contributed by atoms with van der Waals surface area (Å²) >= 11 is 0. The zero-order chi connectivity index (χ0) is 13.9. The van der Waals surface area contributed by atoms with E-state index in [1.165, 1.54) is 23.1 Å². The van der Waals surface area contributed by atoms with Gasteiger partial charge in [-0.05, 0) is 35.0 Å². The summed E-state index contributed by atoms with van der Waals surface area (Å²) in [6, 6.07) is 3.93. The van der Waals surface area contributed by atoms with Crippen molar-refractivity contribution in [2.24, 2.45) is 0 Å². The van der Waals surface area contributed by atoms with Crippen LogP contribution < -0.4 is 4.72 Å². The fraction of sp³-hybridized carbons (Fsp3) is 0.300. The van der Waals surface area contributed by atoms with Crippen LogP contribution in [0.2, 0.25) is 0 Å². The molecule has 2 aromatic rings. The lowest BCUT2D eigenvalue weighted by Crippen LogP contribution is -2.17. The number of hydrogen-bond donors (Lipinski definition) is 1. The Balaban J connectivity index is 2.33. The summed E-state index contributed by atoms with van der Waals surface area (Å²) in [5.41, 5.74) is 0.335. The van der Waals surface area contributed by atoms with E-state index in [-0.39, 0.29) is 11.4 Å². The fourth-order valence-electron chi connectivity index (χ4n) is 1.50. The number of nitrogens with zero attached hydrogens (tertiary/aromatic N) is 4. The zero-order valence-corrected chi connectivity index (χ0v) is 10.9. The van der Waals surface area contributed by atoms with E-state index in [1.807, 2.05) is 0 Å². The van der Waals surface area contributed by atoms with Gasteiger partial charge in [-0.15, -0.1) is 5.10 Å². The summed E-state index contributed by atoms with van der Waals surface area (Å²) < 4.78 is 40.4. The Hall–Kier alpha value is -2.03. The number of rotatable bonds is 5. The van der Waals surface area contributed by atoms with E-state index in [9.17, 15) is 12.8 Å². The number of aromatic nitrogens is 4. The summed E-state index contributed by atoms with van der Waals surface area (Å²) in [6.45, 7) is 1.73. The monoisotopic (exact) mass is 285 g/mol. The first kappa shape index (κ1) is 13.4. The highest BCUT2D eigenvalue weighted by atomic mass is 32.2. The molecule has 0 fully saturated rings. The Bertz CT molecular complexity index is 657. The van der Waals surface area contributed by atoms with Crippen molar-refractivity contribution in [3.8, 4) is 5.69 Å². The SMILES string of the molecule is CCCS(=O)(=O)Nc1cc(-n2cnnn2)ccc1F. The maximum absolute atomic E-state index is 13.6. The fourth-order valence-corrected chi connectivity index (χ4v) is 2.63. The largest absolute Gasteiger partial charge is 0.280 e. The molecule has 0 spiro atoms. The highest BCUT2D eigenvalue weighted by Crippen LogP contribution is 2.19. The lowest BCUT2D eigenvalue weighted by atomic mass is 10.3. The van der Waals surface area contributed by atoms with Crippen LogP contribution in [0, 0.1) is 5.82 Å². The number of anilines is 1.